The lowest BCUT2D eigenvalue weighted by Gasteiger charge is -2.39. The molecule has 0 amide bonds. The fourth-order valence-electron chi connectivity index (χ4n) is 3.91. The average Bonchev–Trinajstić information content (AvgIpc) is 3.08. The summed E-state index contributed by atoms with van der Waals surface area (Å²) in [5.74, 6) is 0.787. The molecule has 1 aliphatic heterocycles. The minimum atomic E-state index is -0.493. The van der Waals surface area contributed by atoms with E-state index in [1.807, 2.05) is 12.1 Å². The second kappa shape index (κ2) is 5.52. The molecule has 26 heavy (non-hydrogen) atoms. The minimum absolute atomic E-state index is 0.382. The first-order valence-corrected chi connectivity index (χ1v) is 9.03. The summed E-state index contributed by atoms with van der Waals surface area (Å²) in [6.45, 7) is 3.17. The van der Waals surface area contributed by atoms with Crippen molar-refractivity contribution in [3.63, 3.8) is 0 Å². The summed E-state index contributed by atoms with van der Waals surface area (Å²) in [7, 11) is 0. The van der Waals surface area contributed by atoms with Crippen LogP contribution in [0.2, 0.25) is 0 Å². The Kier molecular flexibility index (Phi) is 3.25. The van der Waals surface area contributed by atoms with Crippen molar-refractivity contribution in [1.82, 2.24) is 19.9 Å². The number of aryl methyl sites for hydroxylation is 1. The van der Waals surface area contributed by atoms with Crippen molar-refractivity contribution in [2.45, 2.75) is 38.6 Å². The molecule has 7 nitrogen and oxygen atoms in total. The summed E-state index contributed by atoms with van der Waals surface area (Å²) >= 11 is 0. The molecule has 0 radical (unpaired) electrons. The number of anilines is 1. The van der Waals surface area contributed by atoms with Crippen LogP contribution >= 0.6 is 0 Å². The van der Waals surface area contributed by atoms with Crippen LogP contribution in [0.1, 0.15) is 31.0 Å². The van der Waals surface area contributed by atoms with E-state index in [1.165, 1.54) is 5.56 Å². The SMILES string of the molecule is C[C@H]1CCN1c1nc2c(c(-c3ccc4[nH]c(=O)[nH]c(=O)c4c3)n1)CCC2. The Morgan fingerprint density at radius 1 is 1.15 bits per heavy atom. The molecule has 2 aromatic heterocycles. The van der Waals surface area contributed by atoms with E-state index >= 15 is 0 Å². The van der Waals surface area contributed by atoms with Crippen LogP contribution in [-0.2, 0) is 12.8 Å². The van der Waals surface area contributed by atoms with Gasteiger partial charge < -0.3 is 9.88 Å². The van der Waals surface area contributed by atoms with Crippen LogP contribution in [0.25, 0.3) is 22.2 Å². The number of hydrogen-bond acceptors (Lipinski definition) is 5. The van der Waals surface area contributed by atoms with E-state index in [2.05, 4.69) is 21.8 Å². The molecule has 0 unspecified atom stereocenters. The number of H-pyrrole nitrogens is 2. The molecular formula is C19H19N5O2. The Morgan fingerprint density at radius 3 is 2.81 bits per heavy atom. The van der Waals surface area contributed by atoms with Gasteiger partial charge in [0.05, 0.1) is 16.6 Å². The van der Waals surface area contributed by atoms with Crippen LogP contribution in [0.4, 0.5) is 5.95 Å². The maximum absolute atomic E-state index is 12.2. The first-order valence-electron chi connectivity index (χ1n) is 9.03. The number of nitrogens with one attached hydrogen (secondary N) is 2. The number of fused-ring (bicyclic) bond motifs is 2. The van der Waals surface area contributed by atoms with Gasteiger partial charge in [-0.1, -0.05) is 6.07 Å². The van der Waals surface area contributed by atoms with Crippen LogP contribution in [0, 0.1) is 0 Å². The summed E-state index contributed by atoms with van der Waals surface area (Å²) in [6, 6.07) is 5.97. The highest BCUT2D eigenvalue weighted by atomic mass is 16.2. The zero-order valence-corrected chi connectivity index (χ0v) is 14.5. The molecule has 1 saturated heterocycles. The van der Waals surface area contributed by atoms with Gasteiger partial charge in [-0.2, -0.15) is 0 Å². The molecule has 0 spiro atoms. The van der Waals surface area contributed by atoms with Crippen molar-refractivity contribution in [3.8, 4) is 11.3 Å². The van der Waals surface area contributed by atoms with Gasteiger partial charge in [0, 0.05) is 29.4 Å². The lowest BCUT2D eigenvalue weighted by molar-refractivity contribution is 0.470. The van der Waals surface area contributed by atoms with E-state index in [9.17, 15) is 9.59 Å². The molecule has 2 N–H and O–H groups in total. The molecule has 2 aliphatic rings. The summed E-state index contributed by atoms with van der Waals surface area (Å²) in [5, 5.41) is 0.464. The number of aromatic nitrogens is 4. The van der Waals surface area contributed by atoms with Gasteiger partial charge in [0.15, 0.2) is 0 Å². The van der Waals surface area contributed by atoms with E-state index in [0.29, 0.717) is 16.9 Å². The zero-order valence-electron chi connectivity index (χ0n) is 14.5. The van der Waals surface area contributed by atoms with E-state index in [1.54, 1.807) is 6.07 Å². The van der Waals surface area contributed by atoms with E-state index in [4.69, 9.17) is 9.97 Å². The molecule has 1 fully saturated rings. The normalized spacial score (nSPS) is 18.8. The standard InChI is InChI=1S/C19H19N5O2/c1-10-7-8-24(10)18-20-14-4-2-3-12(14)16(22-18)11-5-6-15-13(9-11)17(25)23-19(26)21-15/h5-6,9-10H,2-4,7-8H2,1H3,(H2,21,23,25,26)/t10-/m0/s1. The topological polar surface area (TPSA) is 94.7 Å². The number of nitrogens with zero attached hydrogens (tertiary/aromatic N) is 3. The van der Waals surface area contributed by atoms with Crippen LogP contribution < -0.4 is 16.1 Å². The molecule has 3 aromatic rings. The van der Waals surface area contributed by atoms with E-state index in [-0.39, 0.29) is 5.56 Å². The summed E-state index contributed by atoms with van der Waals surface area (Å²) in [5.41, 5.74) is 3.77. The zero-order chi connectivity index (χ0) is 17.8. The monoisotopic (exact) mass is 349 g/mol. The van der Waals surface area contributed by atoms with Gasteiger partial charge in [-0.15, -0.1) is 0 Å². The van der Waals surface area contributed by atoms with Crippen molar-refractivity contribution in [1.29, 1.82) is 0 Å². The third-order valence-corrected chi connectivity index (χ3v) is 5.51. The van der Waals surface area contributed by atoms with Crippen LogP contribution in [-0.4, -0.2) is 32.5 Å². The molecule has 7 heteroatoms. The number of rotatable bonds is 2. The van der Waals surface area contributed by atoms with E-state index in [0.717, 1.165) is 55.1 Å². The lowest BCUT2D eigenvalue weighted by atomic mass is 10.0. The highest BCUT2D eigenvalue weighted by molar-refractivity contribution is 5.83. The molecular weight excluding hydrogens is 330 g/mol. The summed E-state index contributed by atoms with van der Waals surface area (Å²) < 4.78 is 0. The van der Waals surface area contributed by atoms with Crippen LogP contribution in [0.5, 0.6) is 0 Å². The fourth-order valence-corrected chi connectivity index (χ4v) is 3.91. The molecule has 0 bridgehead atoms. The first kappa shape index (κ1) is 15.3. The molecule has 132 valence electrons. The molecule has 3 heterocycles. The van der Waals surface area contributed by atoms with Crippen molar-refractivity contribution in [2.75, 3.05) is 11.4 Å². The van der Waals surface area contributed by atoms with Gasteiger partial charge in [0.1, 0.15) is 0 Å². The second-order valence-corrected chi connectivity index (χ2v) is 7.15. The summed E-state index contributed by atoms with van der Waals surface area (Å²) in [4.78, 5) is 40.5. The van der Waals surface area contributed by atoms with Gasteiger partial charge in [-0.25, -0.2) is 14.8 Å². The Hall–Kier alpha value is -2.96. The molecule has 5 rings (SSSR count). The third kappa shape index (κ3) is 2.27. The largest absolute Gasteiger partial charge is 0.338 e. The maximum Gasteiger partial charge on any atom is 0.326 e. The molecule has 1 aromatic carbocycles. The molecule has 1 atom stereocenters. The van der Waals surface area contributed by atoms with Gasteiger partial charge in [-0.3, -0.25) is 9.78 Å². The fraction of sp³-hybridized carbons (Fsp3) is 0.368. The highest BCUT2D eigenvalue weighted by Crippen LogP contribution is 2.34. The Morgan fingerprint density at radius 2 is 2.04 bits per heavy atom. The van der Waals surface area contributed by atoms with Crippen LogP contribution in [0.3, 0.4) is 0 Å². The number of hydrogen-bond donors (Lipinski definition) is 2. The first-order chi connectivity index (χ1) is 12.6. The van der Waals surface area contributed by atoms with Crippen molar-refractivity contribution < 1.29 is 0 Å². The van der Waals surface area contributed by atoms with Crippen molar-refractivity contribution in [2.24, 2.45) is 0 Å². The minimum Gasteiger partial charge on any atom is -0.338 e. The van der Waals surface area contributed by atoms with Gasteiger partial charge in [0.25, 0.3) is 5.56 Å². The third-order valence-electron chi connectivity index (χ3n) is 5.51. The molecule has 1 aliphatic carbocycles. The summed E-state index contributed by atoms with van der Waals surface area (Å²) in [6.07, 6.45) is 4.17. The Bertz CT molecular complexity index is 1150. The quantitative estimate of drug-likeness (QED) is 0.735. The highest BCUT2D eigenvalue weighted by Gasteiger charge is 2.29. The number of benzene rings is 1. The predicted molar refractivity (Wildman–Crippen MR) is 99.7 cm³/mol. The Labute approximate surface area is 149 Å². The van der Waals surface area contributed by atoms with Crippen molar-refractivity contribution in [3.05, 3.63) is 50.3 Å². The van der Waals surface area contributed by atoms with Gasteiger partial charge in [-0.05, 0) is 44.7 Å². The van der Waals surface area contributed by atoms with Gasteiger partial charge >= 0.3 is 5.69 Å². The van der Waals surface area contributed by atoms with Gasteiger partial charge in [0.2, 0.25) is 5.95 Å². The van der Waals surface area contributed by atoms with Crippen LogP contribution in [0.15, 0.2) is 27.8 Å². The Balaban J connectivity index is 1.71. The number of aromatic amines is 2. The predicted octanol–water partition coefficient (Wildman–Crippen LogP) is 1.76. The molecule has 0 saturated carbocycles. The smallest absolute Gasteiger partial charge is 0.326 e. The van der Waals surface area contributed by atoms with Crippen molar-refractivity contribution >= 4 is 16.9 Å². The average molecular weight is 349 g/mol. The second-order valence-electron chi connectivity index (χ2n) is 7.15. The van der Waals surface area contributed by atoms with E-state index < -0.39 is 5.69 Å². The lowest BCUT2D eigenvalue weighted by Crippen LogP contribution is -2.46. The maximum atomic E-state index is 12.2.